The van der Waals surface area contributed by atoms with Crippen LogP contribution in [-0.4, -0.2) is 57.9 Å². The number of carbonyl (C=O) groups excluding carboxylic acids is 1. The molecular formula is C8H12O6. The molecule has 0 aliphatic heterocycles. The molecule has 80 valence electrons. The standard InChI is InChI=1S/C8H12O6/c1-14-8(13)3-2-4(9)6(11)7(12)5(3)10/h2,4-7,9-12H,1H3/t4-,5+,6-,7+/m0/s1. The Morgan fingerprint density at radius 1 is 1.29 bits per heavy atom. The minimum atomic E-state index is -1.59. The van der Waals surface area contributed by atoms with Crippen LogP contribution >= 0.6 is 0 Å². The summed E-state index contributed by atoms with van der Waals surface area (Å²) < 4.78 is 4.32. The molecule has 1 rings (SSSR count). The van der Waals surface area contributed by atoms with E-state index in [0.29, 0.717) is 0 Å². The second kappa shape index (κ2) is 4.05. The molecule has 0 heterocycles. The second-order valence-corrected chi connectivity index (χ2v) is 3.03. The van der Waals surface area contributed by atoms with Gasteiger partial charge >= 0.3 is 5.97 Å². The molecule has 0 aromatic heterocycles. The monoisotopic (exact) mass is 204 g/mol. The van der Waals surface area contributed by atoms with Crippen LogP contribution in [-0.2, 0) is 9.53 Å². The Morgan fingerprint density at radius 2 is 1.86 bits per heavy atom. The molecule has 0 saturated carbocycles. The van der Waals surface area contributed by atoms with Crippen molar-refractivity contribution < 1.29 is 30.0 Å². The average Bonchev–Trinajstić information content (AvgIpc) is 2.19. The van der Waals surface area contributed by atoms with Crippen LogP contribution in [0, 0.1) is 0 Å². The SMILES string of the molecule is COC(=O)C1=C[C@H](O)[C@H](O)[C@H](O)[C@@H]1O. The van der Waals surface area contributed by atoms with E-state index in [4.69, 9.17) is 5.11 Å². The van der Waals surface area contributed by atoms with Crippen molar-refractivity contribution in [1.29, 1.82) is 0 Å². The first kappa shape index (κ1) is 11.1. The molecule has 0 spiro atoms. The summed E-state index contributed by atoms with van der Waals surface area (Å²) in [4.78, 5) is 11.0. The zero-order valence-electron chi connectivity index (χ0n) is 7.49. The summed E-state index contributed by atoms with van der Waals surface area (Å²) in [6.07, 6.45) is -5.06. The second-order valence-electron chi connectivity index (χ2n) is 3.03. The molecule has 4 N–H and O–H groups in total. The highest BCUT2D eigenvalue weighted by Gasteiger charge is 2.39. The minimum Gasteiger partial charge on any atom is -0.466 e. The number of esters is 1. The number of aliphatic hydroxyl groups is 4. The summed E-state index contributed by atoms with van der Waals surface area (Å²) >= 11 is 0. The van der Waals surface area contributed by atoms with Crippen molar-refractivity contribution in [3.63, 3.8) is 0 Å². The summed E-state index contributed by atoms with van der Waals surface area (Å²) in [7, 11) is 1.11. The molecule has 0 fully saturated rings. The summed E-state index contributed by atoms with van der Waals surface area (Å²) in [5.41, 5.74) is -0.252. The predicted octanol–water partition coefficient (Wildman–Crippen LogP) is -2.46. The van der Waals surface area contributed by atoms with E-state index in [9.17, 15) is 20.1 Å². The van der Waals surface area contributed by atoms with E-state index in [0.717, 1.165) is 13.2 Å². The van der Waals surface area contributed by atoms with Gasteiger partial charge in [0, 0.05) is 0 Å². The molecule has 1 aliphatic carbocycles. The van der Waals surface area contributed by atoms with Crippen molar-refractivity contribution in [2.75, 3.05) is 7.11 Å². The number of carbonyl (C=O) groups is 1. The van der Waals surface area contributed by atoms with Gasteiger partial charge < -0.3 is 25.2 Å². The zero-order chi connectivity index (χ0) is 10.9. The maximum Gasteiger partial charge on any atom is 0.336 e. The molecule has 4 atom stereocenters. The summed E-state index contributed by atoms with van der Waals surface area (Å²) in [6, 6.07) is 0. The Labute approximate surface area is 80.1 Å². The van der Waals surface area contributed by atoms with Gasteiger partial charge in [-0.15, -0.1) is 0 Å². The first-order valence-electron chi connectivity index (χ1n) is 4.01. The highest BCUT2D eigenvalue weighted by molar-refractivity contribution is 5.90. The number of methoxy groups -OCH3 is 1. The Kier molecular flexibility index (Phi) is 3.22. The molecule has 1 aliphatic rings. The quantitative estimate of drug-likeness (QED) is 0.353. The van der Waals surface area contributed by atoms with E-state index in [1.807, 2.05) is 0 Å². The lowest BCUT2D eigenvalue weighted by Gasteiger charge is -2.30. The third kappa shape index (κ3) is 1.78. The van der Waals surface area contributed by atoms with Crippen LogP contribution < -0.4 is 0 Å². The lowest BCUT2D eigenvalue weighted by atomic mass is 9.89. The number of rotatable bonds is 1. The van der Waals surface area contributed by atoms with Crippen LogP contribution in [0.1, 0.15) is 0 Å². The van der Waals surface area contributed by atoms with Crippen LogP contribution in [0.15, 0.2) is 11.6 Å². The fraction of sp³-hybridized carbons (Fsp3) is 0.625. The van der Waals surface area contributed by atoms with E-state index < -0.39 is 30.4 Å². The molecule has 6 heteroatoms. The smallest absolute Gasteiger partial charge is 0.336 e. The molecule has 0 unspecified atom stereocenters. The third-order valence-corrected chi connectivity index (χ3v) is 2.11. The minimum absolute atomic E-state index is 0.252. The van der Waals surface area contributed by atoms with Gasteiger partial charge in [-0.25, -0.2) is 4.79 Å². The fourth-order valence-electron chi connectivity index (χ4n) is 1.26. The third-order valence-electron chi connectivity index (χ3n) is 2.11. The van der Waals surface area contributed by atoms with Crippen molar-refractivity contribution >= 4 is 5.97 Å². The molecule has 0 radical (unpaired) electrons. The van der Waals surface area contributed by atoms with Crippen LogP contribution in [0.4, 0.5) is 0 Å². The molecule has 0 aromatic carbocycles. The molecule has 0 bridgehead atoms. The van der Waals surface area contributed by atoms with E-state index in [1.54, 1.807) is 0 Å². The van der Waals surface area contributed by atoms with E-state index >= 15 is 0 Å². The van der Waals surface area contributed by atoms with Gasteiger partial charge in [0.05, 0.1) is 12.7 Å². The van der Waals surface area contributed by atoms with Gasteiger partial charge in [-0.3, -0.25) is 0 Å². The largest absolute Gasteiger partial charge is 0.466 e. The van der Waals surface area contributed by atoms with Gasteiger partial charge in [0.25, 0.3) is 0 Å². The van der Waals surface area contributed by atoms with Crippen molar-refractivity contribution in [2.24, 2.45) is 0 Å². The van der Waals surface area contributed by atoms with Crippen molar-refractivity contribution in [3.8, 4) is 0 Å². The van der Waals surface area contributed by atoms with Crippen LogP contribution in [0.5, 0.6) is 0 Å². The zero-order valence-corrected chi connectivity index (χ0v) is 7.49. The van der Waals surface area contributed by atoms with E-state index in [1.165, 1.54) is 0 Å². The molecule has 0 amide bonds. The summed E-state index contributed by atoms with van der Waals surface area (Å²) in [5.74, 6) is -0.845. The first-order chi connectivity index (χ1) is 6.49. The number of ether oxygens (including phenoxy) is 1. The molecular weight excluding hydrogens is 192 g/mol. The van der Waals surface area contributed by atoms with E-state index in [2.05, 4.69) is 4.74 Å². The lowest BCUT2D eigenvalue weighted by molar-refractivity contribution is -0.142. The van der Waals surface area contributed by atoms with Gasteiger partial charge in [0.2, 0.25) is 0 Å². The summed E-state index contributed by atoms with van der Waals surface area (Å²) in [5, 5.41) is 36.9. The molecule has 0 aromatic rings. The number of hydrogen-bond acceptors (Lipinski definition) is 6. The predicted molar refractivity (Wildman–Crippen MR) is 44.1 cm³/mol. The highest BCUT2D eigenvalue weighted by Crippen LogP contribution is 2.20. The fourth-order valence-corrected chi connectivity index (χ4v) is 1.26. The number of hydrogen-bond donors (Lipinski definition) is 4. The average molecular weight is 204 g/mol. The number of aliphatic hydroxyl groups excluding tert-OH is 4. The Hall–Kier alpha value is -0.950. The molecule has 0 saturated heterocycles. The highest BCUT2D eigenvalue weighted by atomic mass is 16.5. The van der Waals surface area contributed by atoms with Crippen LogP contribution in [0.3, 0.4) is 0 Å². The Balaban J connectivity index is 2.95. The summed E-state index contributed by atoms with van der Waals surface area (Å²) in [6.45, 7) is 0. The van der Waals surface area contributed by atoms with E-state index in [-0.39, 0.29) is 5.57 Å². The Bertz CT molecular complexity index is 261. The van der Waals surface area contributed by atoms with Gasteiger partial charge in [-0.1, -0.05) is 0 Å². The van der Waals surface area contributed by atoms with Crippen LogP contribution in [0.2, 0.25) is 0 Å². The molecule has 14 heavy (non-hydrogen) atoms. The topological polar surface area (TPSA) is 107 Å². The first-order valence-corrected chi connectivity index (χ1v) is 4.01. The van der Waals surface area contributed by atoms with Gasteiger partial charge in [0.1, 0.15) is 24.4 Å². The molecule has 6 nitrogen and oxygen atoms in total. The maximum atomic E-state index is 11.0. The Morgan fingerprint density at radius 3 is 2.36 bits per heavy atom. The van der Waals surface area contributed by atoms with Gasteiger partial charge in [-0.05, 0) is 6.08 Å². The van der Waals surface area contributed by atoms with Crippen LogP contribution in [0.25, 0.3) is 0 Å². The van der Waals surface area contributed by atoms with Crippen molar-refractivity contribution in [1.82, 2.24) is 0 Å². The van der Waals surface area contributed by atoms with Gasteiger partial charge in [-0.2, -0.15) is 0 Å². The van der Waals surface area contributed by atoms with Gasteiger partial charge in [0.15, 0.2) is 0 Å². The van der Waals surface area contributed by atoms with Crippen molar-refractivity contribution in [3.05, 3.63) is 11.6 Å². The van der Waals surface area contributed by atoms with Crippen molar-refractivity contribution in [2.45, 2.75) is 24.4 Å². The lowest BCUT2D eigenvalue weighted by Crippen LogP contribution is -2.49. The maximum absolute atomic E-state index is 11.0. The normalized spacial score (nSPS) is 37.6.